The number of allylic oxidation sites excluding steroid dienone is 4. The second kappa shape index (κ2) is 7.30. The molecule has 0 aliphatic carbocycles. The summed E-state index contributed by atoms with van der Waals surface area (Å²) in [7, 11) is 1.74. The van der Waals surface area contributed by atoms with Crippen LogP contribution in [0.3, 0.4) is 0 Å². The molecule has 0 unspecified atom stereocenters. The van der Waals surface area contributed by atoms with Gasteiger partial charge in [0.15, 0.2) is 0 Å². The molecule has 0 amide bonds. The highest BCUT2D eigenvalue weighted by Gasteiger charge is 1.97. The van der Waals surface area contributed by atoms with E-state index >= 15 is 0 Å². The Balaban J connectivity index is 4.24. The van der Waals surface area contributed by atoms with Gasteiger partial charge in [-0.25, -0.2) is 0 Å². The quantitative estimate of drug-likeness (QED) is 0.372. The predicted molar refractivity (Wildman–Crippen MR) is 73.4 cm³/mol. The van der Waals surface area contributed by atoms with Crippen molar-refractivity contribution in [2.45, 2.75) is 13.8 Å². The van der Waals surface area contributed by atoms with Gasteiger partial charge in [-0.2, -0.15) is 0 Å². The maximum atomic E-state index is 3.96. The number of thioether (sulfide) groups is 1. The summed E-state index contributed by atoms with van der Waals surface area (Å²) in [5, 5.41) is 0. The topological polar surface area (TPSA) is 12.4 Å². The van der Waals surface area contributed by atoms with Gasteiger partial charge in [0.05, 0.1) is 5.55 Å². The first-order valence-corrected chi connectivity index (χ1v) is 5.69. The molecule has 0 rings (SSSR count). The van der Waals surface area contributed by atoms with Crippen molar-refractivity contribution in [3.63, 3.8) is 0 Å². The summed E-state index contributed by atoms with van der Waals surface area (Å²) in [6.45, 7) is 16.0. The zero-order chi connectivity index (χ0) is 11.8. The Bertz CT molecular complexity index is 308. The average molecular weight is 221 g/mol. The first kappa shape index (κ1) is 14.0. The molecule has 0 aromatic carbocycles. The summed E-state index contributed by atoms with van der Waals surface area (Å²) in [5.41, 5.74) is 3.75. The molecule has 0 spiro atoms. The maximum absolute atomic E-state index is 3.96. The summed E-state index contributed by atoms with van der Waals surface area (Å²) in [6, 6.07) is 0. The highest BCUT2D eigenvalue weighted by molar-refractivity contribution is 8.15. The molecule has 0 heterocycles. The minimum Gasteiger partial charge on any atom is -0.289 e. The fourth-order valence-corrected chi connectivity index (χ4v) is 1.14. The molecule has 0 N–H and O–H groups in total. The van der Waals surface area contributed by atoms with Gasteiger partial charge < -0.3 is 0 Å². The van der Waals surface area contributed by atoms with Crippen molar-refractivity contribution in [2.24, 2.45) is 10.9 Å². The molecular weight excluding hydrogens is 202 g/mol. The van der Waals surface area contributed by atoms with Crippen LogP contribution in [0.2, 0.25) is 0 Å². The van der Waals surface area contributed by atoms with Gasteiger partial charge in [-0.05, 0) is 11.5 Å². The van der Waals surface area contributed by atoms with E-state index in [9.17, 15) is 0 Å². The number of hydrogen-bond acceptors (Lipinski definition) is 2. The second-order valence-corrected chi connectivity index (χ2v) is 4.43. The molecule has 2 heteroatoms. The predicted octanol–water partition coefficient (Wildman–Crippen LogP) is 4.22. The molecule has 0 aliphatic rings. The Labute approximate surface area is 97.4 Å². The number of nitrogens with zero attached hydrogens (tertiary/aromatic N) is 1. The summed E-state index contributed by atoms with van der Waals surface area (Å²) >= 11 is 1.48. The molecule has 0 saturated heterocycles. The Kier molecular flexibility index (Phi) is 6.80. The first-order chi connectivity index (χ1) is 6.99. The van der Waals surface area contributed by atoms with Gasteiger partial charge in [-0.15, -0.1) is 0 Å². The Hall–Kier alpha value is -1.02. The van der Waals surface area contributed by atoms with Gasteiger partial charge in [0.2, 0.25) is 0 Å². The second-order valence-electron chi connectivity index (χ2n) is 3.49. The minimum atomic E-state index is 0.465. The van der Waals surface area contributed by atoms with Gasteiger partial charge in [0.1, 0.15) is 0 Å². The molecule has 0 bridgehead atoms. The van der Waals surface area contributed by atoms with Crippen LogP contribution in [0.1, 0.15) is 13.8 Å². The molecule has 1 nitrogen and oxygen atoms in total. The van der Waals surface area contributed by atoms with E-state index in [-0.39, 0.29) is 0 Å². The zero-order valence-electron chi connectivity index (χ0n) is 9.79. The van der Waals surface area contributed by atoms with Gasteiger partial charge in [-0.3, -0.25) is 4.99 Å². The average Bonchev–Trinajstić information content (AvgIpc) is 2.21. The van der Waals surface area contributed by atoms with Crippen LogP contribution in [-0.2, 0) is 0 Å². The lowest BCUT2D eigenvalue weighted by Crippen LogP contribution is -1.87. The summed E-state index contributed by atoms with van der Waals surface area (Å²) < 4.78 is 0. The lowest BCUT2D eigenvalue weighted by molar-refractivity contribution is 0.795. The van der Waals surface area contributed by atoms with Crippen LogP contribution in [-0.4, -0.2) is 12.6 Å². The Morgan fingerprint density at radius 2 is 1.80 bits per heavy atom. The third kappa shape index (κ3) is 6.13. The van der Waals surface area contributed by atoms with Gasteiger partial charge in [-0.1, -0.05) is 63.1 Å². The number of aliphatic imine (C=N–C) groups is 1. The van der Waals surface area contributed by atoms with E-state index in [4.69, 9.17) is 0 Å². The lowest BCUT2D eigenvalue weighted by Gasteiger charge is -2.04. The number of hydrogen-bond donors (Lipinski definition) is 0. The van der Waals surface area contributed by atoms with Crippen molar-refractivity contribution in [3.05, 3.63) is 47.9 Å². The van der Waals surface area contributed by atoms with Crippen molar-refractivity contribution in [3.8, 4) is 0 Å². The zero-order valence-corrected chi connectivity index (χ0v) is 10.6. The van der Waals surface area contributed by atoms with Crippen LogP contribution in [0.15, 0.2) is 52.9 Å². The van der Waals surface area contributed by atoms with Crippen molar-refractivity contribution >= 4 is 17.3 Å². The van der Waals surface area contributed by atoms with E-state index < -0.39 is 0 Å². The van der Waals surface area contributed by atoms with E-state index in [1.807, 2.05) is 12.2 Å². The highest BCUT2D eigenvalue weighted by atomic mass is 32.2. The lowest BCUT2D eigenvalue weighted by atomic mass is 10.0. The molecule has 0 radical (unpaired) electrons. The Morgan fingerprint density at radius 3 is 2.27 bits per heavy atom. The van der Waals surface area contributed by atoms with Crippen molar-refractivity contribution in [1.82, 2.24) is 0 Å². The normalized spacial score (nSPS) is 11.5. The smallest absolute Gasteiger partial charge is 0.0585 e. The standard InChI is InChI=1S/C13H19NS/c1-10(2)11(3)7-8-12(4)13(5)15-9-14-6/h7-10H,3-5H2,1-2,6H3/b8-7-,14-9?. The van der Waals surface area contributed by atoms with Crippen LogP contribution in [0.25, 0.3) is 0 Å². The van der Waals surface area contributed by atoms with Crippen molar-refractivity contribution in [2.75, 3.05) is 7.05 Å². The maximum Gasteiger partial charge on any atom is 0.0585 e. The summed E-state index contributed by atoms with van der Waals surface area (Å²) in [5.74, 6) is 0.465. The number of rotatable bonds is 6. The van der Waals surface area contributed by atoms with Gasteiger partial charge >= 0.3 is 0 Å². The molecule has 0 aliphatic heterocycles. The molecule has 15 heavy (non-hydrogen) atoms. The SMILES string of the molecule is C=C(/C=C\C(=C)C(C)C)C(=C)SC=NC. The largest absolute Gasteiger partial charge is 0.289 e. The third-order valence-electron chi connectivity index (χ3n) is 1.90. The molecule has 0 saturated carbocycles. The van der Waals surface area contributed by atoms with E-state index in [0.717, 1.165) is 16.1 Å². The summed E-state index contributed by atoms with van der Waals surface area (Å²) in [4.78, 5) is 4.79. The van der Waals surface area contributed by atoms with Gasteiger partial charge in [0, 0.05) is 12.0 Å². The highest BCUT2D eigenvalue weighted by Crippen LogP contribution is 2.20. The molecule has 0 aromatic heterocycles. The molecule has 82 valence electrons. The third-order valence-corrected chi connectivity index (χ3v) is 2.76. The first-order valence-electron chi connectivity index (χ1n) is 4.81. The van der Waals surface area contributed by atoms with Crippen LogP contribution >= 0.6 is 11.8 Å². The van der Waals surface area contributed by atoms with Crippen LogP contribution < -0.4 is 0 Å². The molecule has 0 fully saturated rings. The fourth-order valence-electron chi connectivity index (χ4n) is 0.685. The molecule has 0 atom stereocenters. The Morgan fingerprint density at radius 1 is 1.20 bits per heavy atom. The fraction of sp³-hybridized carbons (Fsp3) is 0.308. The summed E-state index contributed by atoms with van der Waals surface area (Å²) in [6.07, 6.45) is 3.93. The molecular formula is C13H19NS. The van der Waals surface area contributed by atoms with E-state index in [0.29, 0.717) is 5.92 Å². The van der Waals surface area contributed by atoms with E-state index in [1.54, 1.807) is 12.6 Å². The van der Waals surface area contributed by atoms with Crippen LogP contribution in [0, 0.1) is 5.92 Å². The van der Waals surface area contributed by atoms with Crippen molar-refractivity contribution < 1.29 is 0 Å². The van der Waals surface area contributed by atoms with Gasteiger partial charge in [0.25, 0.3) is 0 Å². The van der Waals surface area contributed by atoms with E-state index in [2.05, 4.69) is 38.6 Å². The van der Waals surface area contributed by atoms with E-state index in [1.165, 1.54) is 11.8 Å². The van der Waals surface area contributed by atoms with Crippen LogP contribution in [0.5, 0.6) is 0 Å². The minimum absolute atomic E-state index is 0.465. The van der Waals surface area contributed by atoms with Crippen LogP contribution in [0.4, 0.5) is 0 Å². The molecule has 0 aromatic rings. The monoisotopic (exact) mass is 221 g/mol. The van der Waals surface area contributed by atoms with Crippen molar-refractivity contribution in [1.29, 1.82) is 0 Å².